The standard InChI is InChI=1S/C16H12N2O5S/c19-12(13-7-4-8-24-13)10-22-14(20)9-18-16(21)23-15(17-18)11-5-2-1-3-6-11/h1-8H,9-10H2. The maximum Gasteiger partial charge on any atom is 0.437 e. The van der Waals surface area contributed by atoms with E-state index in [9.17, 15) is 14.4 Å². The van der Waals surface area contributed by atoms with Gasteiger partial charge in [0.1, 0.15) is 6.54 Å². The third-order valence-corrected chi connectivity index (χ3v) is 3.98. The van der Waals surface area contributed by atoms with Crippen LogP contribution in [0.25, 0.3) is 11.5 Å². The largest absolute Gasteiger partial charge is 0.456 e. The number of Topliss-reactive ketones (excluding diaryl/α,β-unsaturated/α-hetero) is 1. The van der Waals surface area contributed by atoms with E-state index in [1.54, 1.807) is 41.8 Å². The monoisotopic (exact) mass is 344 g/mol. The summed E-state index contributed by atoms with van der Waals surface area (Å²) in [6.45, 7) is -0.801. The minimum atomic E-state index is -0.768. The quantitative estimate of drug-likeness (QED) is 0.502. The molecule has 0 bridgehead atoms. The van der Waals surface area contributed by atoms with Crippen LogP contribution in [0, 0.1) is 0 Å². The Hall–Kier alpha value is -3.00. The molecule has 0 N–H and O–H groups in total. The Morgan fingerprint density at radius 2 is 1.96 bits per heavy atom. The number of carbonyl (C=O) groups is 2. The Labute approximate surface area is 140 Å². The number of carbonyl (C=O) groups excluding carboxylic acids is 2. The van der Waals surface area contributed by atoms with Crippen LogP contribution < -0.4 is 5.76 Å². The van der Waals surface area contributed by atoms with Gasteiger partial charge in [0, 0.05) is 5.56 Å². The molecule has 3 rings (SSSR count). The van der Waals surface area contributed by atoms with E-state index >= 15 is 0 Å². The van der Waals surface area contributed by atoms with Gasteiger partial charge in [-0.25, -0.2) is 4.79 Å². The number of thiophene rings is 1. The highest BCUT2D eigenvalue weighted by Crippen LogP contribution is 2.14. The number of rotatable bonds is 6. The first-order chi connectivity index (χ1) is 11.6. The third kappa shape index (κ3) is 3.66. The third-order valence-electron chi connectivity index (χ3n) is 3.07. The fourth-order valence-corrected chi connectivity index (χ4v) is 2.58. The summed E-state index contributed by atoms with van der Waals surface area (Å²) in [6.07, 6.45) is 0. The van der Waals surface area contributed by atoms with E-state index < -0.39 is 18.3 Å². The van der Waals surface area contributed by atoms with E-state index in [4.69, 9.17) is 9.15 Å². The minimum absolute atomic E-state index is 0.114. The van der Waals surface area contributed by atoms with Crippen LogP contribution in [0.15, 0.2) is 57.1 Å². The highest BCUT2D eigenvalue weighted by atomic mass is 32.1. The lowest BCUT2D eigenvalue weighted by Gasteiger charge is -2.02. The van der Waals surface area contributed by atoms with Gasteiger partial charge in [-0.15, -0.1) is 16.4 Å². The van der Waals surface area contributed by atoms with Crippen molar-refractivity contribution in [2.24, 2.45) is 0 Å². The summed E-state index contributed by atoms with van der Waals surface area (Å²) in [5.41, 5.74) is 0.620. The molecule has 2 heterocycles. The topological polar surface area (TPSA) is 91.4 Å². The molecule has 0 amide bonds. The average molecular weight is 344 g/mol. The molecule has 0 spiro atoms. The molecular weight excluding hydrogens is 332 g/mol. The molecule has 0 unspecified atom stereocenters. The molecular formula is C16H12N2O5S. The van der Waals surface area contributed by atoms with Gasteiger partial charge in [-0.05, 0) is 23.6 Å². The predicted molar refractivity (Wildman–Crippen MR) is 85.8 cm³/mol. The summed E-state index contributed by atoms with van der Waals surface area (Å²) in [6, 6.07) is 12.2. The van der Waals surface area contributed by atoms with Gasteiger partial charge >= 0.3 is 11.7 Å². The number of esters is 1. The Morgan fingerprint density at radius 1 is 1.17 bits per heavy atom. The lowest BCUT2D eigenvalue weighted by Crippen LogP contribution is -2.24. The van der Waals surface area contributed by atoms with Crippen LogP contribution in [0.5, 0.6) is 0 Å². The lowest BCUT2D eigenvalue weighted by atomic mass is 10.2. The molecule has 0 fully saturated rings. The Kier molecular flexibility index (Phi) is 4.66. The van der Waals surface area contributed by atoms with Crippen molar-refractivity contribution in [1.82, 2.24) is 9.78 Å². The first kappa shape index (κ1) is 15.9. The van der Waals surface area contributed by atoms with Crippen molar-refractivity contribution in [1.29, 1.82) is 0 Å². The van der Waals surface area contributed by atoms with Crippen LogP contribution >= 0.6 is 11.3 Å². The van der Waals surface area contributed by atoms with E-state index in [0.717, 1.165) is 4.68 Å². The predicted octanol–water partition coefficient (Wildman–Crippen LogP) is 1.99. The van der Waals surface area contributed by atoms with Gasteiger partial charge in [0.15, 0.2) is 6.61 Å². The van der Waals surface area contributed by atoms with E-state index in [1.165, 1.54) is 11.3 Å². The number of ether oxygens (including phenoxy) is 1. The number of hydrogen-bond donors (Lipinski definition) is 0. The second-order valence-corrected chi connectivity index (χ2v) is 5.71. The SMILES string of the molecule is O=C(Cn1nc(-c2ccccc2)oc1=O)OCC(=O)c1cccs1. The molecule has 7 nitrogen and oxygen atoms in total. The molecule has 1 aromatic carbocycles. The molecule has 0 aliphatic carbocycles. The number of nitrogens with zero attached hydrogens (tertiary/aromatic N) is 2. The Bertz CT molecular complexity index is 896. The molecule has 0 saturated heterocycles. The van der Waals surface area contributed by atoms with E-state index in [-0.39, 0.29) is 18.3 Å². The summed E-state index contributed by atoms with van der Waals surface area (Å²) in [5, 5.41) is 5.71. The van der Waals surface area contributed by atoms with Crippen LogP contribution in [-0.4, -0.2) is 28.1 Å². The molecule has 122 valence electrons. The molecule has 0 radical (unpaired) electrons. The highest BCUT2D eigenvalue weighted by molar-refractivity contribution is 7.12. The highest BCUT2D eigenvalue weighted by Gasteiger charge is 2.15. The summed E-state index contributed by atoms with van der Waals surface area (Å²) < 4.78 is 10.7. The van der Waals surface area contributed by atoms with Gasteiger partial charge in [-0.1, -0.05) is 24.3 Å². The first-order valence-electron chi connectivity index (χ1n) is 6.99. The van der Waals surface area contributed by atoms with Gasteiger partial charge in [0.05, 0.1) is 4.88 Å². The van der Waals surface area contributed by atoms with Crippen molar-refractivity contribution in [2.45, 2.75) is 6.54 Å². The van der Waals surface area contributed by atoms with Gasteiger partial charge in [0.2, 0.25) is 11.7 Å². The van der Waals surface area contributed by atoms with Crippen molar-refractivity contribution in [3.63, 3.8) is 0 Å². The minimum Gasteiger partial charge on any atom is -0.456 e. The van der Waals surface area contributed by atoms with Crippen molar-refractivity contribution >= 4 is 23.1 Å². The number of ketones is 1. The zero-order chi connectivity index (χ0) is 16.9. The van der Waals surface area contributed by atoms with Crippen molar-refractivity contribution in [2.75, 3.05) is 6.61 Å². The summed E-state index contributed by atoms with van der Waals surface area (Å²) in [7, 11) is 0. The number of aromatic nitrogens is 2. The van der Waals surface area contributed by atoms with Gasteiger partial charge in [-0.3, -0.25) is 9.59 Å². The normalized spacial score (nSPS) is 10.5. The van der Waals surface area contributed by atoms with Crippen molar-refractivity contribution in [3.05, 3.63) is 63.3 Å². The van der Waals surface area contributed by atoms with Crippen molar-refractivity contribution in [3.8, 4) is 11.5 Å². The maximum atomic E-state index is 11.8. The molecule has 0 saturated carbocycles. The van der Waals surface area contributed by atoms with Gasteiger partial charge in [0.25, 0.3) is 0 Å². The van der Waals surface area contributed by atoms with Crippen LogP contribution in [0.1, 0.15) is 9.67 Å². The molecule has 24 heavy (non-hydrogen) atoms. The van der Waals surface area contributed by atoms with Crippen LogP contribution in [0.3, 0.4) is 0 Å². The second kappa shape index (κ2) is 7.05. The summed E-state index contributed by atoms with van der Waals surface area (Å²) >= 11 is 1.27. The van der Waals surface area contributed by atoms with Crippen LogP contribution in [-0.2, 0) is 16.1 Å². The van der Waals surface area contributed by atoms with Gasteiger partial charge < -0.3 is 9.15 Å². The van der Waals surface area contributed by atoms with E-state index in [1.807, 2.05) is 6.07 Å². The average Bonchev–Trinajstić information content (AvgIpc) is 3.24. The van der Waals surface area contributed by atoms with Crippen LogP contribution in [0.4, 0.5) is 0 Å². The molecule has 0 atom stereocenters. The Morgan fingerprint density at radius 3 is 2.67 bits per heavy atom. The molecule has 3 aromatic rings. The van der Waals surface area contributed by atoms with Crippen LogP contribution in [0.2, 0.25) is 0 Å². The van der Waals surface area contributed by atoms with Crippen molar-refractivity contribution < 1.29 is 18.7 Å². The number of hydrogen-bond acceptors (Lipinski definition) is 7. The lowest BCUT2D eigenvalue weighted by molar-refractivity contribution is -0.143. The molecule has 2 aromatic heterocycles. The summed E-state index contributed by atoms with van der Waals surface area (Å²) in [4.78, 5) is 35.8. The zero-order valence-corrected chi connectivity index (χ0v) is 13.2. The molecule has 0 aliphatic rings. The van der Waals surface area contributed by atoms with E-state index in [0.29, 0.717) is 10.4 Å². The Balaban J connectivity index is 1.62. The maximum absolute atomic E-state index is 11.8. The zero-order valence-electron chi connectivity index (χ0n) is 12.4. The fourth-order valence-electron chi connectivity index (χ4n) is 1.93. The first-order valence-corrected chi connectivity index (χ1v) is 7.87. The fraction of sp³-hybridized carbons (Fsp3) is 0.125. The smallest absolute Gasteiger partial charge is 0.437 e. The number of benzene rings is 1. The van der Waals surface area contributed by atoms with E-state index in [2.05, 4.69) is 5.10 Å². The molecule has 8 heteroatoms. The summed E-state index contributed by atoms with van der Waals surface area (Å²) in [5.74, 6) is -1.69. The molecule has 0 aliphatic heterocycles. The second-order valence-electron chi connectivity index (χ2n) is 4.76. The van der Waals surface area contributed by atoms with Gasteiger partial charge in [-0.2, -0.15) is 4.68 Å².